The standard InChI is InChI=1S/C27H32ClNO4S2/c1-6-29-25(30)23(35-26(29)34)17-18-15-21(28)24(22(16-18)31-7-2)33-14-8-13-32-20-11-9-19(10-12-20)27(3,4)5/h9-12,15-17H,6-8,13-14H2,1-5H3/b23-17+. The summed E-state index contributed by atoms with van der Waals surface area (Å²) < 4.78 is 18.2. The molecule has 0 bridgehead atoms. The van der Waals surface area contributed by atoms with Crippen LogP contribution in [0.3, 0.4) is 0 Å². The van der Waals surface area contributed by atoms with Crippen LogP contribution >= 0.6 is 35.6 Å². The predicted octanol–water partition coefficient (Wildman–Crippen LogP) is 7.11. The normalized spacial score (nSPS) is 15.1. The zero-order valence-electron chi connectivity index (χ0n) is 20.9. The maximum Gasteiger partial charge on any atom is 0.266 e. The summed E-state index contributed by atoms with van der Waals surface area (Å²) in [6, 6.07) is 11.8. The number of ether oxygens (including phenoxy) is 3. The van der Waals surface area contributed by atoms with Gasteiger partial charge in [-0.15, -0.1) is 0 Å². The Bertz CT molecular complexity index is 1090. The van der Waals surface area contributed by atoms with Crippen molar-refractivity contribution in [1.29, 1.82) is 0 Å². The minimum atomic E-state index is -0.0926. The molecule has 0 aliphatic carbocycles. The van der Waals surface area contributed by atoms with Crippen molar-refractivity contribution in [2.45, 2.75) is 46.5 Å². The quantitative estimate of drug-likeness (QED) is 0.184. The minimum absolute atomic E-state index is 0.0926. The van der Waals surface area contributed by atoms with Crippen LogP contribution in [-0.4, -0.2) is 41.5 Å². The van der Waals surface area contributed by atoms with Gasteiger partial charge < -0.3 is 14.2 Å². The Morgan fingerprint density at radius 2 is 1.74 bits per heavy atom. The highest BCUT2D eigenvalue weighted by molar-refractivity contribution is 8.26. The van der Waals surface area contributed by atoms with E-state index in [-0.39, 0.29) is 11.3 Å². The van der Waals surface area contributed by atoms with Crippen molar-refractivity contribution in [3.05, 3.63) is 57.5 Å². The number of thioether (sulfide) groups is 1. The zero-order chi connectivity index (χ0) is 25.6. The van der Waals surface area contributed by atoms with E-state index in [0.717, 1.165) is 11.3 Å². The summed E-state index contributed by atoms with van der Waals surface area (Å²) >= 11 is 13.1. The monoisotopic (exact) mass is 533 g/mol. The largest absolute Gasteiger partial charge is 0.493 e. The fraction of sp³-hybridized carbons (Fsp3) is 0.407. The van der Waals surface area contributed by atoms with Crippen LogP contribution in [0.1, 0.15) is 52.2 Å². The number of likely N-dealkylation sites (N-methyl/N-ethyl adjacent to an activating group) is 1. The lowest BCUT2D eigenvalue weighted by molar-refractivity contribution is -0.121. The van der Waals surface area contributed by atoms with Gasteiger partial charge in [0.2, 0.25) is 0 Å². The summed E-state index contributed by atoms with van der Waals surface area (Å²) in [6.45, 7) is 12.3. The molecule has 1 heterocycles. The molecule has 1 amide bonds. The molecule has 0 atom stereocenters. The number of benzene rings is 2. The Morgan fingerprint density at radius 3 is 2.34 bits per heavy atom. The molecule has 0 N–H and O–H groups in total. The third-order valence-electron chi connectivity index (χ3n) is 5.34. The van der Waals surface area contributed by atoms with E-state index in [9.17, 15) is 4.79 Å². The molecule has 8 heteroatoms. The molecular weight excluding hydrogens is 502 g/mol. The highest BCUT2D eigenvalue weighted by Gasteiger charge is 2.30. The molecule has 0 aromatic heterocycles. The van der Waals surface area contributed by atoms with Gasteiger partial charge in [-0.05, 0) is 60.7 Å². The van der Waals surface area contributed by atoms with Crippen LogP contribution in [-0.2, 0) is 10.2 Å². The summed E-state index contributed by atoms with van der Waals surface area (Å²) in [5.74, 6) is 1.77. The molecule has 0 saturated carbocycles. The third kappa shape index (κ3) is 7.15. The second-order valence-electron chi connectivity index (χ2n) is 9.01. The van der Waals surface area contributed by atoms with Gasteiger partial charge in [-0.25, -0.2) is 0 Å². The van der Waals surface area contributed by atoms with E-state index in [2.05, 4.69) is 32.9 Å². The molecule has 5 nitrogen and oxygen atoms in total. The molecular formula is C27H32ClNO4S2. The first-order valence-electron chi connectivity index (χ1n) is 11.7. The number of nitrogens with zero attached hydrogens (tertiary/aromatic N) is 1. The van der Waals surface area contributed by atoms with Crippen molar-refractivity contribution < 1.29 is 19.0 Å². The highest BCUT2D eigenvalue weighted by atomic mass is 35.5. The summed E-state index contributed by atoms with van der Waals surface area (Å²) in [7, 11) is 0. The summed E-state index contributed by atoms with van der Waals surface area (Å²) in [6.07, 6.45) is 2.47. The summed E-state index contributed by atoms with van der Waals surface area (Å²) in [4.78, 5) is 14.7. The molecule has 1 aliphatic rings. The average molecular weight is 534 g/mol. The van der Waals surface area contributed by atoms with Crippen LogP contribution in [0.4, 0.5) is 0 Å². The average Bonchev–Trinajstić information content (AvgIpc) is 3.07. The van der Waals surface area contributed by atoms with E-state index in [1.807, 2.05) is 32.0 Å². The van der Waals surface area contributed by atoms with E-state index >= 15 is 0 Å². The lowest BCUT2D eigenvalue weighted by Gasteiger charge is -2.19. The highest BCUT2D eigenvalue weighted by Crippen LogP contribution is 2.39. The number of hydrogen-bond donors (Lipinski definition) is 0. The van der Waals surface area contributed by atoms with Crippen molar-refractivity contribution in [1.82, 2.24) is 4.90 Å². The SMILES string of the molecule is CCOc1cc(/C=C2/SC(=S)N(CC)C2=O)cc(Cl)c1OCCCOc1ccc(C(C)(C)C)cc1. The Labute approximate surface area is 222 Å². The van der Waals surface area contributed by atoms with Gasteiger partial charge in [-0.3, -0.25) is 9.69 Å². The molecule has 0 spiro atoms. The molecule has 0 unspecified atom stereocenters. The Balaban J connectivity index is 1.61. The first-order valence-corrected chi connectivity index (χ1v) is 13.3. The van der Waals surface area contributed by atoms with E-state index < -0.39 is 0 Å². The van der Waals surface area contributed by atoms with Gasteiger partial charge >= 0.3 is 0 Å². The Hall–Kier alpha value is -2.22. The molecule has 1 aliphatic heterocycles. The van der Waals surface area contributed by atoms with Crippen molar-refractivity contribution >= 4 is 51.9 Å². The van der Waals surface area contributed by atoms with Crippen LogP contribution in [0.25, 0.3) is 6.08 Å². The molecule has 2 aromatic carbocycles. The maximum atomic E-state index is 12.5. The zero-order valence-corrected chi connectivity index (χ0v) is 23.2. The molecule has 188 valence electrons. The number of carbonyl (C=O) groups excluding carboxylic acids is 1. The van der Waals surface area contributed by atoms with Crippen molar-refractivity contribution in [2.24, 2.45) is 0 Å². The van der Waals surface area contributed by atoms with E-state index in [1.165, 1.54) is 17.3 Å². The van der Waals surface area contributed by atoms with Gasteiger partial charge in [0.1, 0.15) is 10.1 Å². The lowest BCUT2D eigenvalue weighted by atomic mass is 9.87. The minimum Gasteiger partial charge on any atom is -0.493 e. The summed E-state index contributed by atoms with van der Waals surface area (Å²) in [5, 5.41) is 0.423. The Kier molecular flexibility index (Phi) is 9.50. The molecule has 1 fully saturated rings. The van der Waals surface area contributed by atoms with Gasteiger partial charge in [-0.2, -0.15) is 0 Å². The topological polar surface area (TPSA) is 48.0 Å². The van der Waals surface area contributed by atoms with Gasteiger partial charge in [0, 0.05) is 13.0 Å². The number of halogens is 1. The van der Waals surface area contributed by atoms with E-state index in [4.69, 9.17) is 38.0 Å². The number of amides is 1. The van der Waals surface area contributed by atoms with Crippen LogP contribution in [0.15, 0.2) is 41.3 Å². The van der Waals surface area contributed by atoms with Crippen LogP contribution in [0.2, 0.25) is 5.02 Å². The van der Waals surface area contributed by atoms with Gasteiger partial charge in [0.05, 0.1) is 29.7 Å². The second kappa shape index (κ2) is 12.2. The van der Waals surface area contributed by atoms with E-state index in [1.54, 1.807) is 17.0 Å². The van der Waals surface area contributed by atoms with E-state index in [0.29, 0.717) is 58.5 Å². The van der Waals surface area contributed by atoms with Crippen molar-refractivity contribution in [2.75, 3.05) is 26.4 Å². The second-order valence-corrected chi connectivity index (χ2v) is 11.1. The molecule has 35 heavy (non-hydrogen) atoms. The number of hydrogen-bond acceptors (Lipinski definition) is 6. The van der Waals surface area contributed by atoms with Crippen LogP contribution < -0.4 is 14.2 Å². The molecule has 0 radical (unpaired) electrons. The van der Waals surface area contributed by atoms with Gasteiger partial charge in [0.25, 0.3) is 5.91 Å². The molecule has 2 aromatic rings. The fourth-order valence-corrected chi connectivity index (χ4v) is 5.13. The van der Waals surface area contributed by atoms with Gasteiger partial charge in [0.15, 0.2) is 11.5 Å². The van der Waals surface area contributed by atoms with Gasteiger partial charge in [-0.1, -0.05) is 68.5 Å². The number of carbonyl (C=O) groups is 1. The van der Waals surface area contributed by atoms with Crippen molar-refractivity contribution in [3.8, 4) is 17.2 Å². The van der Waals surface area contributed by atoms with Crippen molar-refractivity contribution in [3.63, 3.8) is 0 Å². The molecule has 3 rings (SSSR count). The number of thiocarbonyl (C=S) groups is 1. The summed E-state index contributed by atoms with van der Waals surface area (Å²) in [5.41, 5.74) is 2.14. The predicted molar refractivity (Wildman–Crippen MR) is 149 cm³/mol. The van der Waals surface area contributed by atoms with Crippen LogP contribution in [0.5, 0.6) is 17.2 Å². The fourth-order valence-electron chi connectivity index (χ4n) is 3.47. The smallest absolute Gasteiger partial charge is 0.266 e. The first kappa shape index (κ1) is 27.4. The maximum absolute atomic E-state index is 12.5. The molecule has 1 saturated heterocycles. The lowest BCUT2D eigenvalue weighted by Crippen LogP contribution is -2.27. The number of rotatable bonds is 10. The Morgan fingerprint density at radius 1 is 1.06 bits per heavy atom. The first-order chi connectivity index (χ1) is 16.6. The van der Waals surface area contributed by atoms with Crippen LogP contribution in [0, 0.1) is 0 Å². The third-order valence-corrected chi connectivity index (χ3v) is 7.00.